The van der Waals surface area contributed by atoms with E-state index in [1.807, 2.05) is 18.2 Å². The zero-order valence-electron chi connectivity index (χ0n) is 7.40. The van der Waals surface area contributed by atoms with Gasteiger partial charge in [0.25, 0.3) is 0 Å². The summed E-state index contributed by atoms with van der Waals surface area (Å²) in [6.45, 7) is 0.124. The Hall–Kier alpha value is -0.640. The van der Waals surface area contributed by atoms with E-state index < -0.39 is 0 Å². The lowest BCUT2D eigenvalue weighted by molar-refractivity contribution is 0.285. The normalized spacial score (nSPS) is 10.4. The van der Waals surface area contributed by atoms with Gasteiger partial charge in [0.05, 0.1) is 6.61 Å². The van der Waals surface area contributed by atoms with Crippen LogP contribution >= 0.6 is 27.3 Å². The maximum Gasteiger partial charge on any atom is 0.0774 e. The lowest BCUT2D eigenvalue weighted by Crippen LogP contribution is -1.75. The van der Waals surface area contributed by atoms with Crippen LogP contribution in [0.5, 0.6) is 0 Å². The first-order valence-corrected chi connectivity index (χ1v) is 5.91. The third kappa shape index (κ3) is 2.05. The van der Waals surface area contributed by atoms with Gasteiger partial charge < -0.3 is 5.11 Å². The molecule has 2 aromatic rings. The summed E-state index contributed by atoms with van der Waals surface area (Å²) < 4.78 is 1.08. The Labute approximate surface area is 95.2 Å². The second-order valence-electron chi connectivity index (χ2n) is 2.97. The highest BCUT2D eigenvalue weighted by atomic mass is 79.9. The minimum absolute atomic E-state index is 0.124. The first-order chi connectivity index (χ1) is 6.79. The summed E-state index contributed by atoms with van der Waals surface area (Å²) in [4.78, 5) is 1.000. The Bertz CT molecular complexity index is 436. The van der Waals surface area contributed by atoms with Crippen molar-refractivity contribution in [3.05, 3.63) is 45.1 Å². The zero-order chi connectivity index (χ0) is 9.97. The molecule has 0 saturated carbocycles. The number of benzene rings is 1. The Morgan fingerprint density at radius 3 is 2.71 bits per heavy atom. The van der Waals surface area contributed by atoms with Crippen molar-refractivity contribution in [3.63, 3.8) is 0 Å². The number of hydrogen-bond donors (Lipinski definition) is 1. The fourth-order valence-electron chi connectivity index (χ4n) is 1.28. The molecule has 0 fully saturated rings. The minimum atomic E-state index is 0.124. The number of aliphatic hydroxyl groups is 1. The molecular weight excluding hydrogens is 260 g/mol. The summed E-state index contributed by atoms with van der Waals surface area (Å²) in [6.07, 6.45) is 0. The van der Waals surface area contributed by atoms with E-state index in [0.717, 1.165) is 9.35 Å². The van der Waals surface area contributed by atoms with E-state index in [4.69, 9.17) is 5.11 Å². The molecule has 0 unspecified atom stereocenters. The van der Waals surface area contributed by atoms with Gasteiger partial charge in [-0.2, -0.15) is 0 Å². The van der Waals surface area contributed by atoms with E-state index in [9.17, 15) is 0 Å². The van der Waals surface area contributed by atoms with Crippen molar-refractivity contribution in [2.45, 2.75) is 6.61 Å². The molecule has 14 heavy (non-hydrogen) atoms. The average Bonchev–Trinajstić information content (AvgIpc) is 2.66. The van der Waals surface area contributed by atoms with Crippen LogP contribution in [0.3, 0.4) is 0 Å². The smallest absolute Gasteiger partial charge is 0.0774 e. The van der Waals surface area contributed by atoms with E-state index in [-0.39, 0.29) is 6.61 Å². The van der Waals surface area contributed by atoms with E-state index >= 15 is 0 Å². The summed E-state index contributed by atoms with van der Waals surface area (Å²) >= 11 is 5.02. The number of thiophene rings is 1. The first-order valence-electron chi connectivity index (χ1n) is 4.24. The van der Waals surface area contributed by atoms with Gasteiger partial charge in [-0.1, -0.05) is 28.1 Å². The lowest BCUT2D eigenvalue weighted by atomic mass is 10.1. The zero-order valence-corrected chi connectivity index (χ0v) is 9.81. The topological polar surface area (TPSA) is 20.2 Å². The Morgan fingerprint density at radius 2 is 2.07 bits per heavy atom. The molecule has 1 nitrogen and oxygen atoms in total. The number of aliphatic hydroxyl groups excluding tert-OH is 1. The largest absolute Gasteiger partial charge is 0.391 e. The van der Waals surface area contributed by atoms with Crippen LogP contribution < -0.4 is 0 Å². The van der Waals surface area contributed by atoms with Gasteiger partial charge in [0, 0.05) is 9.35 Å². The quantitative estimate of drug-likeness (QED) is 0.881. The van der Waals surface area contributed by atoms with Crippen molar-refractivity contribution in [1.82, 2.24) is 0 Å². The van der Waals surface area contributed by atoms with Crippen LogP contribution in [0.25, 0.3) is 11.1 Å². The molecule has 0 atom stereocenters. The molecule has 1 aromatic carbocycles. The van der Waals surface area contributed by atoms with Crippen LogP contribution in [-0.2, 0) is 6.61 Å². The molecule has 0 amide bonds. The van der Waals surface area contributed by atoms with E-state index in [1.165, 1.54) is 11.1 Å². The van der Waals surface area contributed by atoms with E-state index in [2.05, 4.69) is 33.4 Å². The second-order valence-corrected chi connectivity index (χ2v) is 4.88. The van der Waals surface area contributed by atoms with Crippen molar-refractivity contribution in [2.75, 3.05) is 0 Å². The molecule has 2 rings (SSSR count). The maximum atomic E-state index is 8.95. The van der Waals surface area contributed by atoms with Crippen LogP contribution in [0.1, 0.15) is 4.88 Å². The van der Waals surface area contributed by atoms with Crippen molar-refractivity contribution in [2.24, 2.45) is 0 Å². The third-order valence-corrected chi connectivity index (χ3v) is 3.38. The first kappa shape index (κ1) is 9.90. The van der Waals surface area contributed by atoms with Crippen LogP contribution in [0.2, 0.25) is 0 Å². The van der Waals surface area contributed by atoms with Crippen LogP contribution in [0.15, 0.2) is 40.2 Å². The summed E-state index contributed by atoms with van der Waals surface area (Å²) in [5.74, 6) is 0. The van der Waals surface area contributed by atoms with Crippen molar-refractivity contribution >= 4 is 27.3 Å². The summed E-state index contributed by atoms with van der Waals surface area (Å²) in [7, 11) is 0. The van der Waals surface area contributed by atoms with E-state index in [0.29, 0.717) is 0 Å². The molecule has 72 valence electrons. The predicted molar refractivity (Wildman–Crippen MR) is 63.4 cm³/mol. The molecule has 3 heteroatoms. The number of hydrogen-bond acceptors (Lipinski definition) is 2. The number of rotatable bonds is 2. The highest BCUT2D eigenvalue weighted by Crippen LogP contribution is 2.27. The number of halogens is 1. The standard InChI is InChI=1S/C11H9BrOS/c12-10-3-1-2-8(4-10)9-5-11(6-13)14-7-9/h1-5,7,13H,6H2. The molecular formula is C11H9BrOS. The summed E-state index contributed by atoms with van der Waals surface area (Å²) in [6, 6.07) is 10.2. The SMILES string of the molecule is OCc1cc(-c2cccc(Br)c2)cs1. The molecule has 0 spiro atoms. The lowest BCUT2D eigenvalue weighted by Gasteiger charge is -1.97. The summed E-state index contributed by atoms with van der Waals surface area (Å²) in [5, 5.41) is 11.0. The maximum absolute atomic E-state index is 8.95. The van der Waals surface area contributed by atoms with Gasteiger partial charge in [-0.05, 0) is 34.7 Å². The average molecular weight is 269 g/mol. The molecule has 0 aliphatic carbocycles. The van der Waals surface area contributed by atoms with Gasteiger partial charge in [-0.15, -0.1) is 11.3 Å². The van der Waals surface area contributed by atoms with Crippen LogP contribution in [-0.4, -0.2) is 5.11 Å². The fourth-order valence-corrected chi connectivity index (χ4v) is 2.43. The highest BCUT2D eigenvalue weighted by Gasteiger charge is 2.01. The monoisotopic (exact) mass is 268 g/mol. The van der Waals surface area contributed by atoms with E-state index in [1.54, 1.807) is 11.3 Å². The van der Waals surface area contributed by atoms with Crippen molar-refractivity contribution in [1.29, 1.82) is 0 Å². The highest BCUT2D eigenvalue weighted by molar-refractivity contribution is 9.10. The van der Waals surface area contributed by atoms with Crippen LogP contribution in [0.4, 0.5) is 0 Å². The minimum Gasteiger partial charge on any atom is -0.391 e. The Kier molecular flexibility index (Phi) is 3.01. The molecule has 1 heterocycles. The fraction of sp³-hybridized carbons (Fsp3) is 0.0909. The van der Waals surface area contributed by atoms with Gasteiger partial charge in [0.1, 0.15) is 0 Å². The van der Waals surface area contributed by atoms with Gasteiger partial charge >= 0.3 is 0 Å². The molecule has 0 radical (unpaired) electrons. The van der Waals surface area contributed by atoms with Crippen LogP contribution in [0, 0.1) is 0 Å². The molecule has 1 aromatic heterocycles. The Morgan fingerprint density at radius 1 is 1.21 bits per heavy atom. The van der Waals surface area contributed by atoms with Crippen molar-refractivity contribution < 1.29 is 5.11 Å². The summed E-state index contributed by atoms with van der Waals surface area (Å²) in [5.41, 5.74) is 2.34. The van der Waals surface area contributed by atoms with Gasteiger partial charge in [-0.3, -0.25) is 0 Å². The van der Waals surface area contributed by atoms with Gasteiger partial charge in [0.2, 0.25) is 0 Å². The van der Waals surface area contributed by atoms with Gasteiger partial charge in [0.15, 0.2) is 0 Å². The van der Waals surface area contributed by atoms with Gasteiger partial charge in [-0.25, -0.2) is 0 Å². The van der Waals surface area contributed by atoms with Crippen molar-refractivity contribution in [3.8, 4) is 11.1 Å². The molecule has 1 N–H and O–H groups in total. The molecule has 0 bridgehead atoms. The molecule has 0 aliphatic rings. The molecule has 0 aliphatic heterocycles. The second kappa shape index (κ2) is 4.26. The third-order valence-electron chi connectivity index (χ3n) is 1.97. The predicted octanol–water partition coefficient (Wildman–Crippen LogP) is 3.67. The molecule has 0 saturated heterocycles. The Balaban J connectivity index is 2.39.